The maximum absolute atomic E-state index is 8.75. The van der Waals surface area contributed by atoms with E-state index >= 15 is 0 Å². The molecule has 2 aromatic heterocycles. The van der Waals surface area contributed by atoms with Gasteiger partial charge in [0.25, 0.3) is 0 Å². The summed E-state index contributed by atoms with van der Waals surface area (Å²) in [5.41, 5.74) is 7.85. The van der Waals surface area contributed by atoms with Crippen LogP contribution in [0.4, 0.5) is 0 Å². The van der Waals surface area contributed by atoms with Crippen molar-refractivity contribution in [1.29, 1.82) is 0 Å². The van der Waals surface area contributed by atoms with E-state index in [0.29, 0.717) is 23.5 Å². The van der Waals surface area contributed by atoms with Crippen LogP contribution in [0.3, 0.4) is 0 Å². The van der Waals surface area contributed by atoms with Crippen LogP contribution in [-0.2, 0) is 0 Å². The lowest BCUT2D eigenvalue weighted by Crippen LogP contribution is -2.12. The van der Waals surface area contributed by atoms with E-state index in [4.69, 9.17) is 15.3 Å². The number of nitrogens with zero attached hydrogens (tertiary/aromatic N) is 2. The number of aryl methyl sites for hydroxylation is 1. The van der Waals surface area contributed by atoms with E-state index in [1.165, 1.54) is 0 Å². The number of oxazole rings is 1. The number of aliphatic hydroxyl groups excluding tert-OH is 1. The lowest BCUT2D eigenvalue weighted by atomic mass is 10.2. The minimum atomic E-state index is -0.371. The fourth-order valence-electron chi connectivity index (χ4n) is 1.35. The molecule has 0 saturated carbocycles. The second-order valence-electron chi connectivity index (χ2n) is 3.45. The number of pyridine rings is 1. The fraction of sp³-hybridized carbons (Fsp3) is 0.400. The lowest BCUT2D eigenvalue weighted by Gasteiger charge is -2.02. The zero-order chi connectivity index (χ0) is 10.8. The van der Waals surface area contributed by atoms with Gasteiger partial charge in [-0.25, -0.2) is 4.98 Å². The third kappa shape index (κ3) is 1.98. The molecule has 0 aromatic carbocycles. The summed E-state index contributed by atoms with van der Waals surface area (Å²) in [7, 11) is 0. The molecule has 1 unspecified atom stereocenters. The largest absolute Gasteiger partial charge is 0.437 e. The molecule has 15 heavy (non-hydrogen) atoms. The third-order valence-electron chi connectivity index (χ3n) is 2.17. The van der Waals surface area contributed by atoms with Gasteiger partial charge in [0.1, 0.15) is 0 Å². The highest BCUT2D eigenvalue weighted by molar-refractivity contribution is 5.67. The predicted molar refractivity (Wildman–Crippen MR) is 55.2 cm³/mol. The van der Waals surface area contributed by atoms with E-state index in [9.17, 15) is 0 Å². The molecule has 0 aliphatic rings. The molecule has 0 radical (unpaired) electrons. The van der Waals surface area contributed by atoms with Crippen molar-refractivity contribution in [3.05, 3.63) is 23.7 Å². The molecule has 0 saturated heterocycles. The minimum Gasteiger partial charge on any atom is -0.437 e. The summed E-state index contributed by atoms with van der Waals surface area (Å²) in [5, 5.41) is 8.75. The van der Waals surface area contributed by atoms with Gasteiger partial charge in [-0.3, -0.25) is 0 Å². The quantitative estimate of drug-likeness (QED) is 0.781. The van der Waals surface area contributed by atoms with Crippen molar-refractivity contribution in [1.82, 2.24) is 9.97 Å². The fourth-order valence-corrected chi connectivity index (χ4v) is 1.35. The Hall–Kier alpha value is -1.46. The van der Waals surface area contributed by atoms with Gasteiger partial charge in [-0.1, -0.05) is 0 Å². The van der Waals surface area contributed by atoms with Crippen LogP contribution in [-0.4, -0.2) is 21.7 Å². The van der Waals surface area contributed by atoms with E-state index in [1.54, 1.807) is 0 Å². The molecule has 0 aliphatic carbocycles. The molecular formula is C10H13N3O2. The maximum Gasteiger partial charge on any atom is 0.214 e. The average Bonchev–Trinajstić information content (AvgIpc) is 2.60. The predicted octanol–water partition coefficient (Wildman–Crippen LogP) is 0.913. The van der Waals surface area contributed by atoms with Gasteiger partial charge in [0.05, 0.1) is 6.04 Å². The van der Waals surface area contributed by atoms with Crippen molar-refractivity contribution >= 4 is 11.2 Å². The summed E-state index contributed by atoms with van der Waals surface area (Å²) in [6.45, 7) is 1.91. The number of hydrogen-bond acceptors (Lipinski definition) is 5. The number of aliphatic hydroxyl groups is 1. The average molecular weight is 207 g/mol. The van der Waals surface area contributed by atoms with Crippen LogP contribution >= 0.6 is 0 Å². The first kappa shape index (κ1) is 10.1. The molecule has 0 bridgehead atoms. The van der Waals surface area contributed by atoms with E-state index < -0.39 is 0 Å². The van der Waals surface area contributed by atoms with Crippen LogP contribution in [0.15, 0.2) is 16.5 Å². The number of hydrogen-bond donors (Lipinski definition) is 2. The Morgan fingerprint density at radius 3 is 3.00 bits per heavy atom. The second kappa shape index (κ2) is 3.96. The zero-order valence-electron chi connectivity index (χ0n) is 8.47. The van der Waals surface area contributed by atoms with Crippen molar-refractivity contribution < 1.29 is 9.52 Å². The van der Waals surface area contributed by atoms with E-state index in [1.807, 2.05) is 19.1 Å². The van der Waals surface area contributed by atoms with Crippen LogP contribution in [0.5, 0.6) is 0 Å². The third-order valence-corrected chi connectivity index (χ3v) is 2.17. The van der Waals surface area contributed by atoms with E-state index in [-0.39, 0.29) is 12.6 Å². The van der Waals surface area contributed by atoms with Gasteiger partial charge in [-0.2, -0.15) is 4.98 Å². The Bertz CT molecular complexity index is 467. The van der Waals surface area contributed by atoms with Crippen molar-refractivity contribution in [2.75, 3.05) is 6.61 Å². The summed E-state index contributed by atoms with van der Waals surface area (Å²) in [5.74, 6) is 0.428. The number of rotatable bonds is 3. The van der Waals surface area contributed by atoms with Crippen LogP contribution in [0.1, 0.15) is 24.0 Å². The van der Waals surface area contributed by atoms with Crippen LogP contribution in [0.2, 0.25) is 0 Å². The molecule has 0 amide bonds. The van der Waals surface area contributed by atoms with Gasteiger partial charge in [0, 0.05) is 12.3 Å². The number of nitrogens with two attached hydrogens (primary N) is 1. The van der Waals surface area contributed by atoms with Crippen LogP contribution < -0.4 is 5.73 Å². The Balaban J connectivity index is 2.38. The second-order valence-corrected chi connectivity index (χ2v) is 3.45. The maximum atomic E-state index is 8.75. The molecule has 5 heteroatoms. The SMILES string of the molecule is Cc1ccc2oc(C(N)CCO)nc2n1. The Morgan fingerprint density at radius 1 is 1.47 bits per heavy atom. The normalized spacial score (nSPS) is 13.3. The first-order valence-corrected chi connectivity index (χ1v) is 4.81. The van der Waals surface area contributed by atoms with Gasteiger partial charge in [0.2, 0.25) is 5.89 Å². The molecule has 2 heterocycles. The highest BCUT2D eigenvalue weighted by Crippen LogP contribution is 2.19. The topological polar surface area (TPSA) is 85.2 Å². The number of fused-ring (bicyclic) bond motifs is 1. The first-order valence-electron chi connectivity index (χ1n) is 4.81. The molecule has 3 N–H and O–H groups in total. The van der Waals surface area contributed by atoms with Crippen molar-refractivity contribution in [2.45, 2.75) is 19.4 Å². The van der Waals surface area contributed by atoms with Crippen LogP contribution in [0, 0.1) is 6.92 Å². The monoisotopic (exact) mass is 207 g/mol. The molecular weight excluding hydrogens is 194 g/mol. The summed E-state index contributed by atoms with van der Waals surface area (Å²) < 4.78 is 5.43. The summed E-state index contributed by atoms with van der Waals surface area (Å²) in [4.78, 5) is 8.39. The summed E-state index contributed by atoms with van der Waals surface area (Å²) in [6, 6.07) is 3.30. The first-order chi connectivity index (χ1) is 7.20. The smallest absolute Gasteiger partial charge is 0.214 e. The van der Waals surface area contributed by atoms with Crippen LogP contribution in [0.25, 0.3) is 11.2 Å². The summed E-state index contributed by atoms with van der Waals surface area (Å²) >= 11 is 0. The number of aromatic nitrogens is 2. The van der Waals surface area contributed by atoms with Gasteiger partial charge < -0.3 is 15.3 Å². The molecule has 0 fully saturated rings. The highest BCUT2D eigenvalue weighted by Gasteiger charge is 2.13. The lowest BCUT2D eigenvalue weighted by molar-refractivity contribution is 0.268. The van der Waals surface area contributed by atoms with Gasteiger partial charge >= 0.3 is 0 Å². The molecule has 2 aromatic rings. The Labute approximate surface area is 86.9 Å². The zero-order valence-corrected chi connectivity index (χ0v) is 8.47. The Morgan fingerprint density at radius 2 is 2.27 bits per heavy atom. The van der Waals surface area contributed by atoms with Crippen molar-refractivity contribution in [2.24, 2.45) is 5.73 Å². The molecule has 80 valence electrons. The minimum absolute atomic E-state index is 0.0202. The Kier molecular flexibility index (Phi) is 2.66. The molecule has 2 rings (SSSR count). The van der Waals surface area contributed by atoms with Gasteiger partial charge in [-0.05, 0) is 25.5 Å². The summed E-state index contributed by atoms with van der Waals surface area (Å²) in [6.07, 6.45) is 0.436. The van der Waals surface area contributed by atoms with Crippen molar-refractivity contribution in [3.63, 3.8) is 0 Å². The standard InChI is InChI=1S/C10H13N3O2/c1-6-2-3-8-9(12-6)13-10(15-8)7(11)4-5-14/h2-3,7,14H,4-5,11H2,1H3. The highest BCUT2D eigenvalue weighted by atomic mass is 16.3. The van der Waals surface area contributed by atoms with Crippen molar-refractivity contribution in [3.8, 4) is 0 Å². The molecule has 0 aliphatic heterocycles. The van der Waals surface area contributed by atoms with E-state index in [2.05, 4.69) is 9.97 Å². The van der Waals surface area contributed by atoms with Gasteiger partial charge in [0.15, 0.2) is 11.2 Å². The van der Waals surface area contributed by atoms with E-state index in [0.717, 1.165) is 5.69 Å². The molecule has 0 spiro atoms. The van der Waals surface area contributed by atoms with Gasteiger partial charge in [-0.15, -0.1) is 0 Å². The molecule has 5 nitrogen and oxygen atoms in total. The molecule has 1 atom stereocenters.